The lowest BCUT2D eigenvalue weighted by Crippen LogP contribution is -2.49. The van der Waals surface area contributed by atoms with Crippen LogP contribution >= 0.6 is 0 Å². The number of carbonyl (C=O) groups is 1. The second kappa shape index (κ2) is 7.93. The molecule has 1 saturated heterocycles. The van der Waals surface area contributed by atoms with E-state index >= 15 is 0 Å². The predicted octanol–water partition coefficient (Wildman–Crippen LogP) is 2.11. The van der Waals surface area contributed by atoms with Crippen LogP contribution in [0.1, 0.15) is 11.3 Å². The van der Waals surface area contributed by atoms with Crippen molar-refractivity contribution in [2.45, 2.75) is 13.5 Å². The highest BCUT2D eigenvalue weighted by Crippen LogP contribution is 2.12. The Morgan fingerprint density at radius 3 is 2.50 bits per heavy atom. The van der Waals surface area contributed by atoms with Gasteiger partial charge in [0.2, 0.25) is 0 Å². The topological polar surface area (TPSA) is 45.7 Å². The molecule has 0 spiro atoms. The van der Waals surface area contributed by atoms with Crippen molar-refractivity contribution < 1.29 is 9.53 Å². The number of aryl methyl sites for hydroxylation is 1. The number of carbonyl (C=O) groups excluding carboxylic acids is 1. The summed E-state index contributed by atoms with van der Waals surface area (Å²) in [6.45, 7) is 6.18. The number of piperazine rings is 1. The number of ether oxygens (including phenoxy) is 1. The van der Waals surface area contributed by atoms with E-state index in [1.165, 1.54) is 5.56 Å². The van der Waals surface area contributed by atoms with Gasteiger partial charge < -0.3 is 9.64 Å². The molecule has 1 amide bonds. The minimum atomic E-state index is 0.0491. The van der Waals surface area contributed by atoms with Crippen molar-refractivity contribution >= 4 is 5.91 Å². The first-order chi connectivity index (χ1) is 11.7. The van der Waals surface area contributed by atoms with E-state index in [2.05, 4.69) is 9.88 Å². The van der Waals surface area contributed by atoms with Crippen LogP contribution in [0.3, 0.4) is 0 Å². The Morgan fingerprint density at radius 1 is 1.08 bits per heavy atom. The summed E-state index contributed by atoms with van der Waals surface area (Å²) >= 11 is 0. The van der Waals surface area contributed by atoms with Gasteiger partial charge in [0.15, 0.2) is 6.61 Å². The molecule has 0 N–H and O–H groups in total. The fourth-order valence-electron chi connectivity index (χ4n) is 2.75. The van der Waals surface area contributed by atoms with Gasteiger partial charge in [0.25, 0.3) is 5.91 Å². The maximum absolute atomic E-state index is 12.3. The molecule has 0 unspecified atom stereocenters. The van der Waals surface area contributed by atoms with Gasteiger partial charge in [0.1, 0.15) is 5.75 Å². The number of hydrogen-bond acceptors (Lipinski definition) is 4. The zero-order valence-corrected chi connectivity index (χ0v) is 14.0. The van der Waals surface area contributed by atoms with E-state index in [1.807, 2.05) is 60.5 Å². The molecule has 0 saturated carbocycles. The van der Waals surface area contributed by atoms with Crippen LogP contribution in [0.5, 0.6) is 5.75 Å². The molecule has 5 nitrogen and oxygen atoms in total. The number of amides is 1. The molecule has 0 atom stereocenters. The molecular weight excluding hydrogens is 302 g/mol. The van der Waals surface area contributed by atoms with Crippen LogP contribution in [-0.4, -0.2) is 53.5 Å². The lowest BCUT2D eigenvalue weighted by molar-refractivity contribution is -0.135. The Bertz CT molecular complexity index is 650. The number of benzene rings is 1. The van der Waals surface area contributed by atoms with E-state index in [0.29, 0.717) is 0 Å². The third-order valence-electron chi connectivity index (χ3n) is 4.22. The minimum Gasteiger partial charge on any atom is -0.484 e. The van der Waals surface area contributed by atoms with Gasteiger partial charge in [-0.1, -0.05) is 23.8 Å². The van der Waals surface area contributed by atoms with Crippen molar-refractivity contribution in [3.05, 3.63) is 59.9 Å². The van der Waals surface area contributed by atoms with E-state index in [1.54, 1.807) is 0 Å². The molecule has 5 heteroatoms. The van der Waals surface area contributed by atoms with E-state index in [0.717, 1.165) is 44.2 Å². The maximum Gasteiger partial charge on any atom is 0.260 e. The van der Waals surface area contributed by atoms with Gasteiger partial charge >= 0.3 is 0 Å². The second-order valence-corrected chi connectivity index (χ2v) is 6.08. The maximum atomic E-state index is 12.3. The van der Waals surface area contributed by atoms with E-state index in [-0.39, 0.29) is 12.5 Å². The highest BCUT2D eigenvalue weighted by Gasteiger charge is 2.21. The summed E-state index contributed by atoms with van der Waals surface area (Å²) in [4.78, 5) is 20.8. The third kappa shape index (κ3) is 4.55. The fraction of sp³-hybridized carbons (Fsp3) is 0.368. The highest BCUT2D eigenvalue weighted by molar-refractivity contribution is 5.77. The number of rotatable bonds is 5. The highest BCUT2D eigenvalue weighted by atomic mass is 16.5. The molecule has 24 heavy (non-hydrogen) atoms. The Hall–Kier alpha value is -2.40. The van der Waals surface area contributed by atoms with Crippen molar-refractivity contribution in [2.75, 3.05) is 32.8 Å². The summed E-state index contributed by atoms with van der Waals surface area (Å²) in [5.41, 5.74) is 2.25. The van der Waals surface area contributed by atoms with Gasteiger partial charge in [0.05, 0.1) is 5.69 Å². The molecule has 0 radical (unpaired) electrons. The number of nitrogens with zero attached hydrogens (tertiary/aromatic N) is 3. The van der Waals surface area contributed by atoms with Crippen molar-refractivity contribution in [3.8, 4) is 5.75 Å². The Kier molecular flexibility index (Phi) is 5.43. The van der Waals surface area contributed by atoms with Crippen LogP contribution in [0.2, 0.25) is 0 Å². The zero-order chi connectivity index (χ0) is 16.8. The molecule has 0 bridgehead atoms. The number of aromatic nitrogens is 1. The first-order valence-corrected chi connectivity index (χ1v) is 8.30. The Morgan fingerprint density at radius 2 is 1.83 bits per heavy atom. The van der Waals surface area contributed by atoms with Crippen LogP contribution in [0.15, 0.2) is 48.7 Å². The largest absolute Gasteiger partial charge is 0.484 e. The Labute approximate surface area is 142 Å². The lowest BCUT2D eigenvalue weighted by atomic mass is 10.2. The normalized spacial score (nSPS) is 15.3. The molecule has 2 heterocycles. The average Bonchev–Trinajstić information content (AvgIpc) is 2.62. The molecule has 1 aliphatic heterocycles. The first-order valence-electron chi connectivity index (χ1n) is 8.30. The van der Waals surface area contributed by atoms with Crippen molar-refractivity contribution in [3.63, 3.8) is 0 Å². The standard InChI is InChI=1S/C19H23N3O2/c1-16-5-7-18(8-6-16)24-15-19(23)22-12-10-21(11-13-22)14-17-4-2-3-9-20-17/h2-9H,10-15H2,1H3. The summed E-state index contributed by atoms with van der Waals surface area (Å²) in [6.07, 6.45) is 1.82. The third-order valence-corrected chi connectivity index (χ3v) is 4.22. The minimum absolute atomic E-state index is 0.0491. The molecule has 3 rings (SSSR count). The van der Waals surface area contributed by atoms with Crippen molar-refractivity contribution in [2.24, 2.45) is 0 Å². The van der Waals surface area contributed by atoms with Crippen LogP contribution < -0.4 is 4.74 Å². The quantitative estimate of drug-likeness (QED) is 0.845. The second-order valence-electron chi connectivity index (χ2n) is 6.08. The van der Waals surface area contributed by atoms with E-state index in [4.69, 9.17) is 4.74 Å². The molecule has 126 valence electrons. The van der Waals surface area contributed by atoms with Gasteiger partial charge in [-0.15, -0.1) is 0 Å². The molecule has 1 aliphatic rings. The molecule has 0 aliphatic carbocycles. The zero-order valence-electron chi connectivity index (χ0n) is 14.0. The van der Waals surface area contributed by atoms with Crippen LogP contribution in [0.4, 0.5) is 0 Å². The summed E-state index contributed by atoms with van der Waals surface area (Å²) < 4.78 is 5.58. The van der Waals surface area contributed by atoms with Crippen LogP contribution in [-0.2, 0) is 11.3 Å². The molecule has 1 fully saturated rings. The van der Waals surface area contributed by atoms with Crippen molar-refractivity contribution in [1.29, 1.82) is 0 Å². The average molecular weight is 325 g/mol. The monoisotopic (exact) mass is 325 g/mol. The summed E-state index contributed by atoms with van der Waals surface area (Å²) in [5, 5.41) is 0. The van der Waals surface area contributed by atoms with Crippen LogP contribution in [0, 0.1) is 6.92 Å². The smallest absolute Gasteiger partial charge is 0.260 e. The van der Waals surface area contributed by atoms with Crippen LogP contribution in [0.25, 0.3) is 0 Å². The van der Waals surface area contributed by atoms with E-state index in [9.17, 15) is 4.79 Å². The Balaban J connectivity index is 1.42. The fourth-order valence-corrected chi connectivity index (χ4v) is 2.75. The lowest BCUT2D eigenvalue weighted by Gasteiger charge is -2.34. The summed E-state index contributed by atoms with van der Waals surface area (Å²) in [6, 6.07) is 13.7. The SMILES string of the molecule is Cc1ccc(OCC(=O)N2CCN(Cc3ccccn3)CC2)cc1. The van der Waals surface area contributed by atoms with Gasteiger partial charge in [0, 0.05) is 38.9 Å². The van der Waals surface area contributed by atoms with Gasteiger partial charge in [-0.2, -0.15) is 0 Å². The molecular formula is C19H23N3O2. The predicted molar refractivity (Wildman–Crippen MR) is 92.8 cm³/mol. The summed E-state index contributed by atoms with van der Waals surface area (Å²) in [7, 11) is 0. The number of pyridine rings is 1. The first kappa shape index (κ1) is 16.5. The number of hydrogen-bond donors (Lipinski definition) is 0. The molecule has 1 aromatic carbocycles. The van der Waals surface area contributed by atoms with Gasteiger partial charge in [-0.3, -0.25) is 14.7 Å². The van der Waals surface area contributed by atoms with E-state index < -0.39 is 0 Å². The molecule has 2 aromatic rings. The van der Waals surface area contributed by atoms with Gasteiger partial charge in [-0.05, 0) is 31.2 Å². The van der Waals surface area contributed by atoms with Crippen molar-refractivity contribution in [1.82, 2.24) is 14.8 Å². The van der Waals surface area contributed by atoms with Gasteiger partial charge in [-0.25, -0.2) is 0 Å². The molecule has 1 aromatic heterocycles. The summed E-state index contributed by atoms with van der Waals surface area (Å²) in [5.74, 6) is 0.788.